The van der Waals surface area contributed by atoms with E-state index in [1.807, 2.05) is 36.1 Å². The van der Waals surface area contributed by atoms with Crippen LogP contribution in [0.3, 0.4) is 0 Å². The summed E-state index contributed by atoms with van der Waals surface area (Å²) in [7, 11) is 0. The predicted octanol–water partition coefficient (Wildman–Crippen LogP) is 1.91. The molecule has 4 rings (SSSR count). The number of fused-ring (bicyclic) bond motifs is 1. The summed E-state index contributed by atoms with van der Waals surface area (Å²) in [5.41, 5.74) is 0.706. The number of carbonyl (C=O) groups is 1. The van der Waals surface area contributed by atoms with E-state index in [0.717, 1.165) is 25.3 Å². The largest absolute Gasteiger partial charge is 0.482 e. The van der Waals surface area contributed by atoms with Crippen LogP contribution in [0.25, 0.3) is 0 Å². The highest BCUT2D eigenvalue weighted by Crippen LogP contribution is 2.34. The lowest BCUT2D eigenvalue weighted by Gasteiger charge is -2.38. The lowest BCUT2D eigenvalue weighted by atomic mass is 9.92. The van der Waals surface area contributed by atoms with Crippen LogP contribution in [0.1, 0.15) is 33.4 Å². The molecule has 0 spiro atoms. The summed E-state index contributed by atoms with van der Waals surface area (Å²) >= 11 is 0. The van der Waals surface area contributed by atoms with Gasteiger partial charge in [-0.25, -0.2) is 4.68 Å². The van der Waals surface area contributed by atoms with Gasteiger partial charge in [0, 0.05) is 44.2 Å². The average Bonchev–Trinajstić information content (AvgIpc) is 2.77. The number of rotatable bonds is 4. The highest BCUT2D eigenvalue weighted by Gasteiger charge is 2.37. The van der Waals surface area contributed by atoms with Crippen LogP contribution in [0.2, 0.25) is 0 Å². The SMILES string of the molecule is CC1Oc2ccccc2OC1C(=O)N1CCN(CCn2nc(C(C)(C)C)ccc2=O)CC1. The Morgan fingerprint density at radius 1 is 1.00 bits per heavy atom. The molecule has 32 heavy (non-hydrogen) atoms. The van der Waals surface area contributed by atoms with E-state index in [1.165, 1.54) is 0 Å². The third-order valence-corrected chi connectivity index (χ3v) is 6.03. The second kappa shape index (κ2) is 8.94. The third-order valence-electron chi connectivity index (χ3n) is 6.03. The van der Waals surface area contributed by atoms with E-state index in [0.29, 0.717) is 31.1 Å². The number of hydrogen-bond donors (Lipinski definition) is 0. The molecule has 1 fully saturated rings. The van der Waals surface area contributed by atoms with Crippen molar-refractivity contribution < 1.29 is 14.3 Å². The van der Waals surface area contributed by atoms with Crippen molar-refractivity contribution in [3.8, 4) is 11.5 Å². The zero-order chi connectivity index (χ0) is 22.9. The molecule has 0 saturated carbocycles. The number of nitrogens with zero attached hydrogens (tertiary/aromatic N) is 4. The molecule has 2 aliphatic heterocycles. The second-order valence-corrected chi connectivity index (χ2v) is 9.51. The lowest BCUT2D eigenvalue weighted by molar-refractivity contribution is -0.146. The molecule has 2 aliphatic rings. The average molecular weight is 441 g/mol. The van der Waals surface area contributed by atoms with E-state index in [2.05, 4.69) is 30.8 Å². The van der Waals surface area contributed by atoms with Crippen molar-refractivity contribution in [2.45, 2.75) is 51.9 Å². The van der Waals surface area contributed by atoms with Crippen molar-refractivity contribution in [2.75, 3.05) is 32.7 Å². The Kier molecular flexibility index (Phi) is 6.24. The normalized spacial score (nSPS) is 21.4. The zero-order valence-corrected chi connectivity index (χ0v) is 19.3. The molecule has 0 radical (unpaired) electrons. The maximum Gasteiger partial charge on any atom is 0.267 e. The van der Waals surface area contributed by atoms with Gasteiger partial charge in [0.15, 0.2) is 11.5 Å². The first kappa shape index (κ1) is 22.3. The minimum Gasteiger partial charge on any atom is -0.482 e. The number of aromatic nitrogens is 2. The summed E-state index contributed by atoms with van der Waals surface area (Å²) in [6.45, 7) is 12.1. The standard InChI is InChI=1S/C24H32N4O4/c1-17-22(32-19-8-6-5-7-18(19)31-17)23(30)27-14-11-26(12-15-27)13-16-28-21(29)10-9-20(25-28)24(2,3)4/h5-10,17,22H,11-16H2,1-4H3. The zero-order valence-electron chi connectivity index (χ0n) is 19.3. The molecular formula is C24H32N4O4. The Bertz CT molecular complexity index is 1020. The fourth-order valence-electron chi connectivity index (χ4n) is 4.01. The molecule has 2 unspecified atom stereocenters. The quantitative estimate of drug-likeness (QED) is 0.723. The van der Waals surface area contributed by atoms with Gasteiger partial charge in [0.25, 0.3) is 11.5 Å². The van der Waals surface area contributed by atoms with Crippen LogP contribution in [-0.2, 0) is 16.8 Å². The van der Waals surface area contributed by atoms with Crippen LogP contribution < -0.4 is 15.0 Å². The van der Waals surface area contributed by atoms with Crippen LogP contribution in [0, 0.1) is 0 Å². The van der Waals surface area contributed by atoms with Gasteiger partial charge in [-0.05, 0) is 25.1 Å². The molecule has 3 heterocycles. The summed E-state index contributed by atoms with van der Waals surface area (Å²) in [5.74, 6) is 1.24. The summed E-state index contributed by atoms with van der Waals surface area (Å²) in [6, 6.07) is 10.8. The number of ether oxygens (including phenoxy) is 2. The van der Waals surface area contributed by atoms with Gasteiger partial charge in [-0.15, -0.1) is 0 Å². The van der Waals surface area contributed by atoms with Crippen molar-refractivity contribution in [3.63, 3.8) is 0 Å². The molecule has 1 amide bonds. The van der Waals surface area contributed by atoms with Crippen molar-refractivity contribution in [3.05, 3.63) is 52.4 Å². The molecule has 0 N–H and O–H groups in total. The topological polar surface area (TPSA) is 76.9 Å². The minimum absolute atomic E-state index is 0.0394. The Hall–Kier alpha value is -2.87. The number of piperazine rings is 1. The van der Waals surface area contributed by atoms with Crippen LogP contribution in [0.5, 0.6) is 11.5 Å². The fraction of sp³-hybridized carbons (Fsp3) is 0.542. The molecule has 1 saturated heterocycles. The van der Waals surface area contributed by atoms with Crippen LogP contribution in [0.15, 0.2) is 41.2 Å². The number of para-hydroxylation sites is 2. The van der Waals surface area contributed by atoms with Crippen molar-refractivity contribution >= 4 is 5.91 Å². The van der Waals surface area contributed by atoms with Gasteiger partial charge in [-0.2, -0.15) is 5.10 Å². The van der Waals surface area contributed by atoms with E-state index in [1.54, 1.807) is 16.8 Å². The molecule has 2 atom stereocenters. The van der Waals surface area contributed by atoms with E-state index in [9.17, 15) is 9.59 Å². The van der Waals surface area contributed by atoms with Crippen molar-refractivity contribution in [2.24, 2.45) is 0 Å². The van der Waals surface area contributed by atoms with Crippen molar-refractivity contribution in [1.29, 1.82) is 0 Å². The first-order chi connectivity index (χ1) is 15.2. The van der Waals surface area contributed by atoms with Crippen LogP contribution in [0.4, 0.5) is 0 Å². The fourth-order valence-corrected chi connectivity index (χ4v) is 4.01. The monoisotopic (exact) mass is 440 g/mol. The number of hydrogen-bond acceptors (Lipinski definition) is 6. The molecular weight excluding hydrogens is 408 g/mol. The van der Waals surface area contributed by atoms with E-state index >= 15 is 0 Å². The Morgan fingerprint density at radius 2 is 1.66 bits per heavy atom. The van der Waals surface area contributed by atoms with Gasteiger partial charge in [0.1, 0.15) is 6.10 Å². The smallest absolute Gasteiger partial charge is 0.267 e. The van der Waals surface area contributed by atoms with Crippen molar-refractivity contribution in [1.82, 2.24) is 19.6 Å². The van der Waals surface area contributed by atoms with Gasteiger partial charge < -0.3 is 14.4 Å². The first-order valence-corrected chi connectivity index (χ1v) is 11.2. The van der Waals surface area contributed by atoms with Crippen LogP contribution >= 0.6 is 0 Å². The summed E-state index contributed by atoms with van der Waals surface area (Å²) in [4.78, 5) is 29.4. The Labute approximate surface area is 188 Å². The van der Waals surface area contributed by atoms with E-state index in [4.69, 9.17) is 9.47 Å². The van der Waals surface area contributed by atoms with Gasteiger partial charge in [0.05, 0.1) is 12.2 Å². The number of benzene rings is 1. The lowest BCUT2D eigenvalue weighted by Crippen LogP contribution is -2.56. The highest BCUT2D eigenvalue weighted by molar-refractivity contribution is 5.82. The molecule has 2 aromatic rings. The molecule has 8 heteroatoms. The molecule has 8 nitrogen and oxygen atoms in total. The maximum absolute atomic E-state index is 13.1. The number of carbonyl (C=O) groups excluding carboxylic acids is 1. The summed E-state index contributed by atoms with van der Waals surface area (Å²) < 4.78 is 13.4. The van der Waals surface area contributed by atoms with E-state index < -0.39 is 6.10 Å². The molecule has 172 valence electrons. The maximum atomic E-state index is 13.1. The van der Waals surface area contributed by atoms with Gasteiger partial charge in [0.2, 0.25) is 6.10 Å². The van der Waals surface area contributed by atoms with Crippen LogP contribution in [-0.4, -0.2) is 70.4 Å². The Balaban J connectivity index is 1.31. The minimum atomic E-state index is -0.639. The summed E-state index contributed by atoms with van der Waals surface area (Å²) in [5, 5.41) is 4.54. The molecule has 1 aromatic carbocycles. The number of amides is 1. The predicted molar refractivity (Wildman–Crippen MR) is 121 cm³/mol. The molecule has 1 aromatic heterocycles. The highest BCUT2D eigenvalue weighted by atomic mass is 16.6. The van der Waals surface area contributed by atoms with Gasteiger partial charge in [-0.1, -0.05) is 32.9 Å². The van der Waals surface area contributed by atoms with Gasteiger partial charge >= 0.3 is 0 Å². The molecule has 0 aliphatic carbocycles. The van der Waals surface area contributed by atoms with Gasteiger partial charge in [-0.3, -0.25) is 14.5 Å². The molecule has 0 bridgehead atoms. The third kappa shape index (κ3) is 4.80. The summed E-state index contributed by atoms with van der Waals surface area (Å²) in [6.07, 6.45) is -0.983. The second-order valence-electron chi connectivity index (χ2n) is 9.51. The Morgan fingerprint density at radius 3 is 2.31 bits per heavy atom. The van der Waals surface area contributed by atoms with E-state index in [-0.39, 0.29) is 23.0 Å². The first-order valence-electron chi connectivity index (χ1n) is 11.2.